The minimum atomic E-state index is 0.150. The summed E-state index contributed by atoms with van der Waals surface area (Å²) in [5.74, 6) is 1.10. The van der Waals surface area contributed by atoms with Crippen molar-refractivity contribution in [1.82, 2.24) is 20.1 Å². The third-order valence-corrected chi connectivity index (χ3v) is 6.02. The number of aromatic nitrogens is 3. The minimum absolute atomic E-state index is 0.150. The van der Waals surface area contributed by atoms with Crippen LogP contribution in [0.3, 0.4) is 0 Å². The molecular weight excluding hydrogens is 356 g/mol. The molecule has 0 saturated carbocycles. The summed E-state index contributed by atoms with van der Waals surface area (Å²) in [7, 11) is 0. The number of amides is 1. The minimum Gasteiger partial charge on any atom is -0.416 e. The van der Waals surface area contributed by atoms with Gasteiger partial charge in [-0.1, -0.05) is 23.9 Å². The number of thioether (sulfide) groups is 1. The SMILES string of the molecule is O=C(CSc1nnc(CCc2nc3ccccc3s2)o1)N1CCCC1. The van der Waals surface area contributed by atoms with Gasteiger partial charge in [0.1, 0.15) is 0 Å². The summed E-state index contributed by atoms with van der Waals surface area (Å²) >= 11 is 3.01. The highest BCUT2D eigenvalue weighted by Crippen LogP contribution is 2.23. The first-order valence-electron chi connectivity index (χ1n) is 8.35. The van der Waals surface area contributed by atoms with E-state index < -0.39 is 0 Å². The molecule has 0 unspecified atom stereocenters. The van der Waals surface area contributed by atoms with E-state index in [9.17, 15) is 4.79 Å². The van der Waals surface area contributed by atoms with Crippen molar-refractivity contribution < 1.29 is 9.21 Å². The maximum atomic E-state index is 12.0. The van der Waals surface area contributed by atoms with E-state index in [2.05, 4.69) is 21.2 Å². The van der Waals surface area contributed by atoms with E-state index >= 15 is 0 Å². The number of nitrogens with zero attached hydrogens (tertiary/aromatic N) is 4. The molecule has 1 saturated heterocycles. The third-order valence-electron chi connectivity index (χ3n) is 4.12. The number of fused-ring (bicyclic) bond motifs is 1. The first-order valence-corrected chi connectivity index (χ1v) is 10.2. The predicted octanol–water partition coefficient (Wildman–Crippen LogP) is 3.18. The summed E-state index contributed by atoms with van der Waals surface area (Å²) in [6.07, 6.45) is 3.64. The number of carbonyl (C=O) groups is 1. The smallest absolute Gasteiger partial charge is 0.277 e. The van der Waals surface area contributed by atoms with E-state index in [1.165, 1.54) is 16.5 Å². The zero-order chi connectivity index (χ0) is 17.1. The first kappa shape index (κ1) is 16.5. The fraction of sp³-hybridized carbons (Fsp3) is 0.412. The van der Waals surface area contributed by atoms with Gasteiger partial charge in [0.2, 0.25) is 11.8 Å². The molecule has 4 rings (SSSR count). The lowest BCUT2D eigenvalue weighted by molar-refractivity contribution is -0.127. The molecule has 0 radical (unpaired) electrons. The second-order valence-corrected chi connectivity index (χ2v) is 7.96. The fourth-order valence-corrected chi connectivity index (χ4v) is 4.47. The molecule has 3 aromatic rings. The number of likely N-dealkylation sites (tertiary alicyclic amines) is 1. The van der Waals surface area contributed by atoms with Crippen LogP contribution in [0.25, 0.3) is 10.2 Å². The van der Waals surface area contributed by atoms with Crippen LogP contribution in [0.1, 0.15) is 23.7 Å². The van der Waals surface area contributed by atoms with Gasteiger partial charge < -0.3 is 9.32 Å². The van der Waals surface area contributed by atoms with E-state index in [4.69, 9.17) is 4.42 Å². The Morgan fingerprint density at radius 2 is 2.04 bits per heavy atom. The predicted molar refractivity (Wildman–Crippen MR) is 97.9 cm³/mol. The van der Waals surface area contributed by atoms with Gasteiger partial charge in [-0.25, -0.2) is 4.98 Å². The molecule has 0 atom stereocenters. The molecular formula is C17H18N4O2S2. The second-order valence-electron chi connectivity index (χ2n) is 5.91. The lowest BCUT2D eigenvalue weighted by atomic mass is 10.3. The highest BCUT2D eigenvalue weighted by Gasteiger charge is 2.19. The second kappa shape index (κ2) is 7.53. The van der Waals surface area contributed by atoms with E-state index in [1.54, 1.807) is 11.3 Å². The Morgan fingerprint density at radius 3 is 2.88 bits per heavy atom. The van der Waals surface area contributed by atoms with Crippen molar-refractivity contribution in [3.05, 3.63) is 35.2 Å². The molecule has 0 aliphatic carbocycles. The van der Waals surface area contributed by atoms with Crippen LogP contribution in [-0.4, -0.2) is 44.8 Å². The number of hydrogen-bond donors (Lipinski definition) is 0. The van der Waals surface area contributed by atoms with E-state index in [1.807, 2.05) is 23.1 Å². The maximum Gasteiger partial charge on any atom is 0.277 e. The summed E-state index contributed by atoms with van der Waals surface area (Å²) in [4.78, 5) is 18.5. The van der Waals surface area contributed by atoms with Gasteiger partial charge in [-0.2, -0.15) is 0 Å². The number of rotatable bonds is 6. The lowest BCUT2D eigenvalue weighted by Gasteiger charge is -2.13. The van der Waals surface area contributed by atoms with Crippen molar-refractivity contribution in [2.75, 3.05) is 18.8 Å². The van der Waals surface area contributed by atoms with Crippen molar-refractivity contribution in [2.24, 2.45) is 0 Å². The van der Waals surface area contributed by atoms with Crippen molar-refractivity contribution >= 4 is 39.2 Å². The molecule has 25 heavy (non-hydrogen) atoms. The molecule has 1 aromatic carbocycles. The molecule has 0 bridgehead atoms. The summed E-state index contributed by atoms with van der Waals surface area (Å²) < 4.78 is 6.83. The lowest BCUT2D eigenvalue weighted by Crippen LogP contribution is -2.29. The number of hydrogen-bond acceptors (Lipinski definition) is 7. The van der Waals surface area contributed by atoms with Crippen LogP contribution in [0, 0.1) is 0 Å². The molecule has 8 heteroatoms. The fourth-order valence-electron chi connectivity index (χ4n) is 2.82. The van der Waals surface area contributed by atoms with Crippen molar-refractivity contribution in [1.29, 1.82) is 0 Å². The average Bonchev–Trinajstić information content (AvgIpc) is 3.38. The Labute approximate surface area is 153 Å². The standard InChI is InChI=1S/C17H18N4O2S2/c22-16(21-9-3-4-10-21)11-24-17-20-19-14(23-17)7-8-15-18-12-5-1-2-6-13(12)25-15/h1-2,5-6H,3-4,7-11H2. The van der Waals surface area contributed by atoms with Gasteiger partial charge in [0.15, 0.2) is 0 Å². The monoisotopic (exact) mass is 374 g/mol. The number of carbonyl (C=O) groups excluding carboxylic acids is 1. The molecule has 1 aliphatic heterocycles. The number of benzene rings is 1. The molecule has 1 fully saturated rings. The van der Waals surface area contributed by atoms with Gasteiger partial charge in [-0.3, -0.25) is 4.79 Å². The number of para-hydroxylation sites is 1. The van der Waals surface area contributed by atoms with Gasteiger partial charge in [-0.15, -0.1) is 21.5 Å². The van der Waals surface area contributed by atoms with Crippen molar-refractivity contribution in [3.63, 3.8) is 0 Å². The molecule has 6 nitrogen and oxygen atoms in total. The Hall–Kier alpha value is -1.93. The topological polar surface area (TPSA) is 72.1 Å². The van der Waals surface area contributed by atoms with Crippen molar-refractivity contribution in [3.8, 4) is 0 Å². The van der Waals surface area contributed by atoms with Crippen LogP contribution >= 0.6 is 23.1 Å². The molecule has 0 N–H and O–H groups in total. The van der Waals surface area contributed by atoms with E-state index in [-0.39, 0.29) is 5.91 Å². The molecule has 0 spiro atoms. The molecule has 3 heterocycles. The summed E-state index contributed by atoms with van der Waals surface area (Å²) in [5.41, 5.74) is 1.03. The Balaban J connectivity index is 1.29. The normalized spacial score (nSPS) is 14.5. The number of thiazole rings is 1. The van der Waals surface area contributed by atoms with Crippen LogP contribution < -0.4 is 0 Å². The molecule has 2 aromatic heterocycles. The summed E-state index contributed by atoms with van der Waals surface area (Å²) in [6, 6.07) is 8.12. The van der Waals surface area contributed by atoms with Crippen molar-refractivity contribution in [2.45, 2.75) is 30.9 Å². The largest absolute Gasteiger partial charge is 0.416 e. The Morgan fingerprint density at radius 1 is 1.20 bits per heavy atom. The Kier molecular flexibility index (Phi) is 4.98. The van der Waals surface area contributed by atoms with Gasteiger partial charge in [-0.05, 0) is 25.0 Å². The van der Waals surface area contributed by atoms with Gasteiger partial charge in [0.05, 0.1) is 21.0 Å². The summed E-state index contributed by atoms with van der Waals surface area (Å²) in [5, 5.41) is 9.64. The molecule has 130 valence electrons. The quantitative estimate of drug-likeness (QED) is 0.617. The van der Waals surface area contributed by atoms with Crippen LogP contribution in [0.15, 0.2) is 33.9 Å². The zero-order valence-electron chi connectivity index (χ0n) is 13.7. The summed E-state index contributed by atoms with van der Waals surface area (Å²) in [6.45, 7) is 1.74. The highest BCUT2D eigenvalue weighted by atomic mass is 32.2. The van der Waals surface area contributed by atoms with Crippen LogP contribution in [-0.2, 0) is 17.6 Å². The van der Waals surface area contributed by atoms with Crippen LogP contribution in [0.5, 0.6) is 0 Å². The van der Waals surface area contributed by atoms with Gasteiger partial charge in [0.25, 0.3) is 5.22 Å². The van der Waals surface area contributed by atoms with Crippen LogP contribution in [0.4, 0.5) is 0 Å². The molecule has 1 aliphatic rings. The zero-order valence-corrected chi connectivity index (χ0v) is 15.3. The Bertz CT molecular complexity index is 837. The van der Waals surface area contributed by atoms with Gasteiger partial charge in [0, 0.05) is 25.9 Å². The van der Waals surface area contributed by atoms with E-state index in [0.29, 0.717) is 23.3 Å². The highest BCUT2D eigenvalue weighted by molar-refractivity contribution is 7.99. The third kappa shape index (κ3) is 4.01. The van der Waals surface area contributed by atoms with Crippen LogP contribution in [0.2, 0.25) is 0 Å². The average molecular weight is 374 g/mol. The molecule has 1 amide bonds. The van der Waals surface area contributed by atoms with E-state index in [0.717, 1.165) is 42.9 Å². The first-order chi connectivity index (χ1) is 12.3. The number of aryl methyl sites for hydroxylation is 2. The maximum absolute atomic E-state index is 12.0. The van der Waals surface area contributed by atoms with Gasteiger partial charge >= 0.3 is 0 Å².